The van der Waals surface area contributed by atoms with Gasteiger partial charge in [-0.2, -0.15) is 13.2 Å². The SMILES string of the molecule is COc1cccc2c(Br)cc(C(F)(F)F)nc12. The molecule has 1 heterocycles. The van der Waals surface area contributed by atoms with Gasteiger partial charge in [-0.15, -0.1) is 0 Å². The zero-order chi connectivity index (χ0) is 12.6. The predicted molar refractivity (Wildman–Crippen MR) is 61.0 cm³/mol. The Morgan fingerprint density at radius 1 is 1.29 bits per heavy atom. The number of pyridine rings is 1. The van der Waals surface area contributed by atoms with Crippen molar-refractivity contribution in [3.05, 3.63) is 34.4 Å². The van der Waals surface area contributed by atoms with Crippen LogP contribution in [0.15, 0.2) is 28.7 Å². The molecule has 0 amide bonds. The number of hydrogen-bond donors (Lipinski definition) is 0. The van der Waals surface area contributed by atoms with Crippen LogP contribution in [0.5, 0.6) is 5.75 Å². The summed E-state index contributed by atoms with van der Waals surface area (Å²) in [7, 11) is 1.39. The average molecular weight is 306 g/mol. The van der Waals surface area contributed by atoms with Crippen molar-refractivity contribution in [3.8, 4) is 5.75 Å². The van der Waals surface area contributed by atoms with Crippen molar-refractivity contribution in [3.63, 3.8) is 0 Å². The Bertz CT molecular complexity index is 568. The van der Waals surface area contributed by atoms with Gasteiger partial charge in [0.2, 0.25) is 0 Å². The Labute approximate surface area is 104 Å². The molecule has 0 saturated heterocycles. The lowest BCUT2D eigenvalue weighted by atomic mass is 10.2. The maximum atomic E-state index is 12.6. The first-order valence-electron chi connectivity index (χ1n) is 4.64. The van der Waals surface area contributed by atoms with Crippen molar-refractivity contribution in [2.45, 2.75) is 6.18 Å². The molecule has 0 fully saturated rings. The summed E-state index contributed by atoms with van der Waals surface area (Å²) in [4.78, 5) is 3.60. The molecule has 0 bridgehead atoms. The van der Waals surface area contributed by atoms with E-state index in [1.807, 2.05) is 0 Å². The van der Waals surface area contributed by atoms with Crippen molar-refractivity contribution in [1.29, 1.82) is 0 Å². The largest absolute Gasteiger partial charge is 0.494 e. The van der Waals surface area contributed by atoms with Crippen molar-refractivity contribution < 1.29 is 17.9 Å². The molecule has 0 spiro atoms. The Kier molecular flexibility index (Phi) is 2.99. The molecular formula is C11H7BrF3NO. The monoisotopic (exact) mass is 305 g/mol. The summed E-state index contributed by atoms with van der Waals surface area (Å²) < 4.78 is 43.2. The van der Waals surface area contributed by atoms with Gasteiger partial charge >= 0.3 is 6.18 Å². The van der Waals surface area contributed by atoms with E-state index in [9.17, 15) is 13.2 Å². The van der Waals surface area contributed by atoms with Crippen molar-refractivity contribution in [1.82, 2.24) is 4.98 Å². The van der Waals surface area contributed by atoms with Gasteiger partial charge in [-0.05, 0) is 12.1 Å². The summed E-state index contributed by atoms with van der Waals surface area (Å²) in [6, 6.07) is 5.90. The van der Waals surface area contributed by atoms with Gasteiger partial charge in [0.25, 0.3) is 0 Å². The second kappa shape index (κ2) is 4.18. The second-order valence-electron chi connectivity index (χ2n) is 3.34. The van der Waals surface area contributed by atoms with E-state index in [-0.39, 0.29) is 5.52 Å². The van der Waals surface area contributed by atoms with E-state index in [1.165, 1.54) is 7.11 Å². The summed E-state index contributed by atoms with van der Waals surface area (Å²) >= 11 is 3.11. The highest BCUT2D eigenvalue weighted by Crippen LogP contribution is 2.35. The third-order valence-electron chi connectivity index (χ3n) is 2.26. The van der Waals surface area contributed by atoms with Crippen molar-refractivity contribution in [2.24, 2.45) is 0 Å². The molecule has 0 aliphatic heterocycles. The van der Waals surface area contributed by atoms with Gasteiger partial charge in [0.05, 0.1) is 7.11 Å². The van der Waals surface area contributed by atoms with Gasteiger partial charge < -0.3 is 4.74 Å². The normalized spacial score (nSPS) is 11.8. The lowest BCUT2D eigenvalue weighted by molar-refractivity contribution is -0.141. The first kappa shape index (κ1) is 12.2. The highest BCUT2D eigenvalue weighted by Gasteiger charge is 2.33. The van der Waals surface area contributed by atoms with Crippen LogP contribution in [0, 0.1) is 0 Å². The van der Waals surface area contributed by atoms with Crippen LogP contribution in [-0.2, 0) is 6.18 Å². The standard InChI is InChI=1S/C11H7BrF3NO/c1-17-8-4-2-3-6-7(12)5-9(11(13,14)15)16-10(6)8/h2-5H,1H3. The molecular weight excluding hydrogens is 299 g/mol. The Morgan fingerprint density at radius 3 is 2.59 bits per heavy atom. The third-order valence-corrected chi connectivity index (χ3v) is 2.92. The van der Waals surface area contributed by atoms with E-state index >= 15 is 0 Å². The molecule has 0 N–H and O–H groups in total. The number of aromatic nitrogens is 1. The molecule has 0 aliphatic carbocycles. The predicted octanol–water partition coefficient (Wildman–Crippen LogP) is 4.02. The minimum absolute atomic E-state index is 0.191. The van der Waals surface area contributed by atoms with E-state index < -0.39 is 11.9 Å². The zero-order valence-electron chi connectivity index (χ0n) is 8.68. The second-order valence-corrected chi connectivity index (χ2v) is 4.20. The van der Waals surface area contributed by atoms with Crippen LogP contribution >= 0.6 is 15.9 Å². The molecule has 2 aromatic rings. The highest BCUT2D eigenvalue weighted by atomic mass is 79.9. The number of hydrogen-bond acceptors (Lipinski definition) is 2. The molecule has 2 rings (SSSR count). The smallest absolute Gasteiger partial charge is 0.433 e. The number of benzene rings is 1. The molecule has 6 heteroatoms. The Morgan fingerprint density at radius 2 is 2.00 bits per heavy atom. The molecule has 0 saturated carbocycles. The van der Waals surface area contributed by atoms with Crippen LogP contribution in [0.1, 0.15) is 5.69 Å². The van der Waals surface area contributed by atoms with Gasteiger partial charge in [0.1, 0.15) is 17.0 Å². The first-order chi connectivity index (χ1) is 7.93. The zero-order valence-corrected chi connectivity index (χ0v) is 10.3. The molecule has 0 atom stereocenters. The number of rotatable bonds is 1. The summed E-state index contributed by atoms with van der Waals surface area (Å²) in [5.74, 6) is 0.314. The van der Waals surface area contributed by atoms with Crippen LogP contribution in [0.4, 0.5) is 13.2 Å². The molecule has 1 aromatic carbocycles. The van der Waals surface area contributed by atoms with E-state index in [2.05, 4.69) is 20.9 Å². The van der Waals surface area contributed by atoms with Crippen LogP contribution in [-0.4, -0.2) is 12.1 Å². The van der Waals surface area contributed by atoms with Crippen molar-refractivity contribution >= 4 is 26.8 Å². The minimum Gasteiger partial charge on any atom is -0.494 e. The minimum atomic E-state index is -4.47. The maximum Gasteiger partial charge on any atom is 0.433 e. The number of halogens is 4. The number of alkyl halides is 3. The van der Waals surface area contributed by atoms with Crippen molar-refractivity contribution in [2.75, 3.05) is 7.11 Å². The van der Waals surface area contributed by atoms with E-state index in [0.29, 0.717) is 15.6 Å². The number of methoxy groups -OCH3 is 1. The number of fused-ring (bicyclic) bond motifs is 1. The molecule has 0 aliphatic rings. The van der Waals surface area contributed by atoms with Gasteiger partial charge in [-0.1, -0.05) is 28.1 Å². The van der Waals surface area contributed by atoms with Crippen LogP contribution in [0.2, 0.25) is 0 Å². The maximum absolute atomic E-state index is 12.6. The fraction of sp³-hybridized carbons (Fsp3) is 0.182. The first-order valence-corrected chi connectivity index (χ1v) is 5.43. The van der Waals surface area contributed by atoms with Gasteiger partial charge in [0.15, 0.2) is 0 Å². The van der Waals surface area contributed by atoms with Gasteiger partial charge in [-0.3, -0.25) is 0 Å². The summed E-state index contributed by atoms with van der Waals surface area (Å²) in [5.41, 5.74) is -0.752. The lowest BCUT2D eigenvalue weighted by Gasteiger charge is -2.10. The highest BCUT2D eigenvalue weighted by molar-refractivity contribution is 9.10. The summed E-state index contributed by atoms with van der Waals surface area (Å²) in [5, 5.41) is 0.581. The van der Waals surface area contributed by atoms with E-state index in [1.54, 1.807) is 18.2 Å². The fourth-order valence-corrected chi connectivity index (χ4v) is 2.03. The average Bonchev–Trinajstić information content (AvgIpc) is 2.27. The topological polar surface area (TPSA) is 22.1 Å². The number of para-hydroxylation sites is 1. The van der Waals surface area contributed by atoms with Gasteiger partial charge in [0, 0.05) is 9.86 Å². The quantitative estimate of drug-likeness (QED) is 0.794. The number of nitrogens with zero attached hydrogens (tertiary/aromatic N) is 1. The van der Waals surface area contributed by atoms with E-state index in [4.69, 9.17) is 4.74 Å². The van der Waals surface area contributed by atoms with E-state index in [0.717, 1.165) is 6.07 Å². The van der Waals surface area contributed by atoms with Gasteiger partial charge in [-0.25, -0.2) is 4.98 Å². The molecule has 0 radical (unpaired) electrons. The molecule has 1 aromatic heterocycles. The molecule has 2 nitrogen and oxygen atoms in total. The molecule has 17 heavy (non-hydrogen) atoms. The van der Waals surface area contributed by atoms with Crippen LogP contribution in [0.3, 0.4) is 0 Å². The van der Waals surface area contributed by atoms with Crippen LogP contribution in [0.25, 0.3) is 10.9 Å². The van der Waals surface area contributed by atoms with Crippen LogP contribution < -0.4 is 4.74 Å². The molecule has 90 valence electrons. The lowest BCUT2D eigenvalue weighted by Crippen LogP contribution is -2.08. The fourth-order valence-electron chi connectivity index (χ4n) is 1.49. The summed E-state index contributed by atoms with van der Waals surface area (Å²) in [6.45, 7) is 0. The Hall–Kier alpha value is -1.30. The summed E-state index contributed by atoms with van der Waals surface area (Å²) in [6.07, 6.45) is -4.47. The third kappa shape index (κ3) is 2.22. The Balaban J connectivity index is 2.79. The number of ether oxygens (including phenoxy) is 1. The molecule has 0 unspecified atom stereocenters.